The van der Waals surface area contributed by atoms with E-state index in [4.69, 9.17) is 4.74 Å². The normalized spacial score (nSPS) is 12.5. The Bertz CT molecular complexity index is 1160. The molecule has 0 aliphatic heterocycles. The molecule has 1 atom stereocenters. The molecule has 3 aromatic rings. The maximum atomic E-state index is 12.9. The molecule has 0 aliphatic carbocycles. The van der Waals surface area contributed by atoms with Gasteiger partial charge in [-0.1, -0.05) is 31.5 Å². The van der Waals surface area contributed by atoms with E-state index in [0.29, 0.717) is 24.2 Å². The molecule has 2 heterocycles. The standard InChI is InChI=1S/C22H31N5O4/c1-14(2)10-11-23-21-24-19-18(20(29)26(5)22(30)25(19)4)27(21)12-16(28)13-31-17-8-6-15(3)7-9-17/h6-9,14,16,28H,10-13H2,1-5H3,(H,23,24). The van der Waals surface area contributed by atoms with Crippen molar-refractivity contribution in [2.75, 3.05) is 18.5 Å². The van der Waals surface area contributed by atoms with Crippen molar-refractivity contribution in [3.63, 3.8) is 0 Å². The van der Waals surface area contributed by atoms with Crippen molar-refractivity contribution < 1.29 is 9.84 Å². The second-order valence-corrected chi connectivity index (χ2v) is 8.31. The van der Waals surface area contributed by atoms with Crippen LogP contribution in [-0.2, 0) is 20.6 Å². The maximum Gasteiger partial charge on any atom is 0.332 e. The minimum atomic E-state index is -0.883. The average Bonchev–Trinajstić information content (AvgIpc) is 3.08. The first-order valence-corrected chi connectivity index (χ1v) is 10.5. The lowest BCUT2D eigenvalue weighted by Gasteiger charge is -2.16. The summed E-state index contributed by atoms with van der Waals surface area (Å²) in [5, 5.41) is 13.9. The van der Waals surface area contributed by atoms with Crippen LogP contribution >= 0.6 is 0 Å². The molecular formula is C22H31N5O4. The van der Waals surface area contributed by atoms with E-state index >= 15 is 0 Å². The number of benzene rings is 1. The van der Waals surface area contributed by atoms with Crippen molar-refractivity contribution >= 4 is 17.1 Å². The average molecular weight is 430 g/mol. The zero-order valence-electron chi connectivity index (χ0n) is 18.8. The molecule has 0 aliphatic rings. The summed E-state index contributed by atoms with van der Waals surface area (Å²) in [5.74, 6) is 1.60. The predicted octanol–water partition coefficient (Wildman–Crippen LogP) is 1.64. The molecule has 0 saturated carbocycles. The van der Waals surface area contributed by atoms with Gasteiger partial charge >= 0.3 is 5.69 Å². The van der Waals surface area contributed by atoms with Crippen molar-refractivity contribution in [1.82, 2.24) is 18.7 Å². The number of anilines is 1. The first-order valence-electron chi connectivity index (χ1n) is 10.5. The molecule has 0 fully saturated rings. The smallest absolute Gasteiger partial charge is 0.332 e. The quantitative estimate of drug-likeness (QED) is 0.536. The van der Waals surface area contributed by atoms with Crippen LogP contribution in [-0.4, -0.2) is 43.0 Å². The van der Waals surface area contributed by atoms with Gasteiger partial charge in [0, 0.05) is 20.6 Å². The number of fused-ring (bicyclic) bond motifs is 1. The van der Waals surface area contributed by atoms with Crippen molar-refractivity contribution in [1.29, 1.82) is 0 Å². The highest BCUT2D eigenvalue weighted by Gasteiger charge is 2.21. The number of hydrogen-bond donors (Lipinski definition) is 2. The summed E-state index contributed by atoms with van der Waals surface area (Å²) in [6, 6.07) is 7.57. The number of hydrogen-bond acceptors (Lipinski definition) is 6. The molecule has 2 N–H and O–H groups in total. The number of aliphatic hydroxyl groups is 1. The third kappa shape index (κ3) is 4.99. The predicted molar refractivity (Wildman–Crippen MR) is 121 cm³/mol. The summed E-state index contributed by atoms with van der Waals surface area (Å²) >= 11 is 0. The molecule has 1 unspecified atom stereocenters. The van der Waals surface area contributed by atoms with Gasteiger partial charge in [-0.15, -0.1) is 0 Å². The van der Waals surface area contributed by atoms with Crippen LogP contribution in [0, 0.1) is 12.8 Å². The number of rotatable bonds is 9. The van der Waals surface area contributed by atoms with Crippen molar-refractivity contribution in [3.8, 4) is 5.75 Å². The Morgan fingerprint density at radius 2 is 1.81 bits per heavy atom. The molecule has 1 aromatic carbocycles. The summed E-state index contributed by atoms with van der Waals surface area (Å²) in [7, 11) is 3.01. The Balaban J connectivity index is 1.90. The minimum Gasteiger partial charge on any atom is -0.491 e. The number of imidazole rings is 1. The van der Waals surface area contributed by atoms with Crippen molar-refractivity contribution in [3.05, 3.63) is 50.7 Å². The van der Waals surface area contributed by atoms with Crippen LogP contribution in [0.25, 0.3) is 11.2 Å². The Hall–Kier alpha value is -3.07. The van der Waals surface area contributed by atoms with Crippen LogP contribution in [0.4, 0.5) is 5.95 Å². The van der Waals surface area contributed by atoms with Crippen LogP contribution in [0.1, 0.15) is 25.8 Å². The lowest BCUT2D eigenvalue weighted by molar-refractivity contribution is 0.0938. The van der Waals surface area contributed by atoms with Gasteiger partial charge < -0.3 is 19.7 Å². The largest absolute Gasteiger partial charge is 0.491 e. The number of aryl methyl sites for hydroxylation is 2. The highest BCUT2D eigenvalue weighted by molar-refractivity contribution is 5.74. The van der Waals surface area contributed by atoms with E-state index in [1.54, 1.807) is 11.6 Å². The lowest BCUT2D eigenvalue weighted by atomic mass is 10.1. The van der Waals surface area contributed by atoms with Gasteiger partial charge in [0.2, 0.25) is 5.95 Å². The third-order valence-electron chi connectivity index (χ3n) is 5.21. The lowest BCUT2D eigenvalue weighted by Crippen LogP contribution is -2.38. The van der Waals surface area contributed by atoms with Gasteiger partial charge in [-0.2, -0.15) is 4.98 Å². The maximum absolute atomic E-state index is 12.9. The van der Waals surface area contributed by atoms with Crippen LogP contribution in [0.2, 0.25) is 0 Å². The van der Waals surface area contributed by atoms with Crippen LogP contribution in [0.15, 0.2) is 33.9 Å². The molecular weight excluding hydrogens is 398 g/mol. The zero-order chi connectivity index (χ0) is 22.7. The number of aliphatic hydroxyl groups excluding tert-OH is 1. The zero-order valence-corrected chi connectivity index (χ0v) is 18.8. The van der Waals surface area contributed by atoms with Crippen LogP contribution in [0.3, 0.4) is 0 Å². The first kappa shape index (κ1) is 22.6. The third-order valence-corrected chi connectivity index (χ3v) is 5.21. The molecule has 0 saturated heterocycles. The number of nitrogens with one attached hydrogen (secondary N) is 1. The van der Waals surface area contributed by atoms with Gasteiger partial charge in [-0.05, 0) is 31.4 Å². The Labute approximate surface area is 180 Å². The van der Waals surface area contributed by atoms with Gasteiger partial charge in [-0.3, -0.25) is 13.9 Å². The van der Waals surface area contributed by atoms with Crippen LogP contribution in [0.5, 0.6) is 5.75 Å². The fourth-order valence-corrected chi connectivity index (χ4v) is 3.32. The minimum absolute atomic E-state index is 0.0558. The molecule has 3 rings (SSSR count). The summed E-state index contributed by atoms with van der Waals surface area (Å²) in [6.45, 7) is 7.04. The fraction of sp³-hybridized carbons (Fsp3) is 0.500. The van der Waals surface area contributed by atoms with Gasteiger partial charge in [0.25, 0.3) is 5.56 Å². The van der Waals surface area contributed by atoms with E-state index in [9.17, 15) is 14.7 Å². The van der Waals surface area contributed by atoms with Crippen molar-refractivity contribution in [2.45, 2.75) is 39.8 Å². The topological polar surface area (TPSA) is 103 Å². The molecule has 9 nitrogen and oxygen atoms in total. The molecule has 0 bridgehead atoms. The molecule has 9 heteroatoms. The first-order chi connectivity index (χ1) is 14.7. The number of nitrogens with zero attached hydrogens (tertiary/aromatic N) is 4. The Morgan fingerprint density at radius 1 is 1.13 bits per heavy atom. The van der Waals surface area contributed by atoms with Crippen molar-refractivity contribution in [2.24, 2.45) is 20.0 Å². The summed E-state index contributed by atoms with van der Waals surface area (Å²) in [5.41, 5.74) is 0.780. The molecule has 31 heavy (non-hydrogen) atoms. The second-order valence-electron chi connectivity index (χ2n) is 8.31. The highest BCUT2D eigenvalue weighted by atomic mass is 16.5. The Kier molecular flexibility index (Phi) is 6.84. The SMILES string of the molecule is Cc1ccc(OCC(O)Cn2c(NCCC(C)C)nc3c2c(=O)n(C)c(=O)n3C)cc1. The molecule has 0 radical (unpaired) electrons. The molecule has 0 amide bonds. The van der Waals surface area contributed by atoms with E-state index in [-0.39, 0.29) is 24.3 Å². The van der Waals surface area contributed by atoms with Gasteiger partial charge in [0.1, 0.15) is 18.5 Å². The van der Waals surface area contributed by atoms with Crippen LogP contribution < -0.4 is 21.3 Å². The second kappa shape index (κ2) is 9.38. The molecule has 2 aromatic heterocycles. The van der Waals surface area contributed by atoms with Gasteiger partial charge in [0.15, 0.2) is 11.2 Å². The summed E-state index contributed by atoms with van der Waals surface area (Å²) in [4.78, 5) is 29.7. The number of ether oxygens (including phenoxy) is 1. The van der Waals surface area contributed by atoms with Gasteiger partial charge in [-0.25, -0.2) is 4.79 Å². The summed E-state index contributed by atoms with van der Waals surface area (Å²) < 4.78 is 9.72. The molecule has 0 spiro atoms. The highest BCUT2D eigenvalue weighted by Crippen LogP contribution is 2.18. The van der Waals surface area contributed by atoms with E-state index < -0.39 is 17.4 Å². The summed E-state index contributed by atoms with van der Waals surface area (Å²) in [6.07, 6.45) is 0.0328. The number of aromatic nitrogens is 4. The van der Waals surface area contributed by atoms with E-state index in [2.05, 4.69) is 24.1 Å². The van der Waals surface area contributed by atoms with E-state index in [1.807, 2.05) is 31.2 Å². The van der Waals surface area contributed by atoms with Gasteiger partial charge in [0.05, 0.1) is 6.54 Å². The van der Waals surface area contributed by atoms with E-state index in [1.165, 1.54) is 11.6 Å². The fourth-order valence-electron chi connectivity index (χ4n) is 3.32. The Morgan fingerprint density at radius 3 is 2.45 bits per heavy atom. The monoisotopic (exact) mass is 429 g/mol. The molecule has 168 valence electrons. The van der Waals surface area contributed by atoms with E-state index in [0.717, 1.165) is 16.6 Å².